The molecule has 0 fully saturated rings. The molecule has 1 N–H and O–H groups in total. The van der Waals surface area contributed by atoms with Crippen molar-refractivity contribution in [1.82, 2.24) is 4.72 Å². The van der Waals surface area contributed by atoms with E-state index in [1.165, 1.54) is 12.1 Å². The number of hydrogen-bond donors (Lipinski definition) is 1. The van der Waals surface area contributed by atoms with Crippen LogP contribution >= 0.6 is 0 Å². The van der Waals surface area contributed by atoms with Gasteiger partial charge >= 0.3 is 0 Å². The van der Waals surface area contributed by atoms with Crippen molar-refractivity contribution in [3.63, 3.8) is 0 Å². The zero-order chi connectivity index (χ0) is 19.0. The van der Waals surface area contributed by atoms with E-state index in [1.807, 2.05) is 38.1 Å². The summed E-state index contributed by atoms with van der Waals surface area (Å²) in [5.74, 6) is 1.31. The summed E-state index contributed by atoms with van der Waals surface area (Å²) in [7, 11) is -3.74. The molecule has 0 aliphatic carbocycles. The molecular formula is C19H22N2O4S. The number of sulfonamides is 1. The summed E-state index contributed by atoms with van der Waals surface area (Å²) in [5.41, 5.74) is 1.05. The van der Waals surface area contributed by atoms with Gasteiger partial charge in [0.1, 0.15) is 6.07 Å². The summed E-state index contributed by atoms with van der Waals surface area (Å²) in [5, 5.41) is 9.07. The molecule has 138 valence electrons. The van der Waals surface area contributed by atoms with Crippen LogP contribution in [0.15, 0.2) is 47.4 Å². The molecule has 0 aromatic heterocycles. The maximum Gasteiger partial charge on any atom is 0.241 e. The van der Waals surface area contributed by atoms with Gasteiger partial charge in [0.25, 0.3) is 0 Å². The Morgan fingerprint density at radius 3 is 2.42 bits per heavy atom. The summed E-state index contributed by atoms with van der Waals surface area (Å²) < 4.78 is 38.4. The molecule has 0 amide bonds. The van der Waals surface area contributed by atoms with Gasteiger partial charge in [-0.2, -0.15) is 5.26 Å². The van der Waals surface area contributed by atoms with Crippen molar-refractivity contribution in [2.45, 2.75) is 25.2 Å². The minimum atomic E-state index is -3.74. The Kier molecular flexibility index (Phi) is 7.01. The van der Waals surface area contributed by atoms with Crippen molar-refractivity contribution in [3.05, 3.63) is 53.6 Å². The average Bonchev–Trinajstić information content (AvgIpc) is 2.64. The number of hydrogen-bond acceptors (Lipinski definition) is 5. The highest BCUT2D eigenvalue weighted by Crippen LogP contribution is 2.28. The Hall–Kier alpha value is -2.56. The Bertz CT molecular complexity index is 889. The first-order chi connectivity index (χ1) is 12.5. The van der Waals surface area contributed by atoms with Crippen LogP contribution in [0.5, 0.6) is 11.5 Å². The van der Waals surface area contributed by atoms with E-state index < -0.39 is 10.0 Å². The highest BCUT2D eigenvalue weighted by atomic mass is 32.2. The van der Waals surface area contributed by atoms with Crippen LogP contribution in [0.25, 0.3) is 0 Å². The van der Waals surface area contributed by atoms with Crippen molar-refractivity contribution in [2.24, 2.45) is 0 Å². The monoisotopic (exact) mass is 374 g/mol. The predicted octanol–water partition coefficient (Wildman–Crippen LogP) is 2.88. The predicted molar refractivity (Wildman–Crippen MR) is 98.8 cm³/mol. The Morgan fingerprint density at radius 1 is 1.04 bits per heavy atom. The largest absolute Gasteiger partial charge is 0.490 e. The minimum Gasteiger partial charge on any atom is -0.490 e. The van der Waals surface area contributed by atoms with Gasteiger partial charge in [-0.3, -0.25) is 0 Å². The van der Waals surface area contributed by atoms with Gasteiger partial charge in [-0.15, -0.1) is 0 Å². The standard InChI is InChI=1S/C19H22N2O4S/c1-3-24-17-10-9-15(13-18(17)25-4-2)11-12-21-26(22,23)19-8-6-5-7-16(19)14-20/h5-10,13,21H,3-4,11-12H2,1-2H3. The SMILES string of the molecule is CCOc1ccc(CCNS(=O)(=O)c2ccccc2C#N)cc1OCC. The van der Waals surface area contributed by atoms with E-state index in [2.05, 4.69) is 4.72 Å². The van der Waals surface area contributed by atoms with E-state index in [0.717, 1.165) is 5.56 Å². The Labute approximate surface area is 154 Å². The summed E-state index contributed by atoms with van der Waals surface area (Å²) in [4.78, 5) is -0.0100. The summed E-state index contributed by atoms with van der Waals surface area (Å²) in [6.07, 6.45) is 0.487. The van der Waals surface area contributed by atoms with Crippen molar-refractivity contribution in [3.8, 4) is 17.6 Å². The third kappa shape index (κ3) is 4.97. The second-order valence-electron chi connectivity index (χ2n) is 5.40. The first-order valence-electron chi connectivity index (χ1n) is 8.39. The van der Waals surface area contributed by atoms with E-state index in [-0.39, 0.29) is 17.0 Å². The number of nitrogens with one attached hydrogen (secondary N) is 1. The Morgan fingerprint density at radius 2 is 1.73 bits per heavy atom. The lowest BCUT2D eigenvalue weighted by Crippen LogP contribution is -2.26. The fraction of sp³-hybridized carbons (Fsp3) is 0.316. The zero-order valence-electron chi connectivity index (χ0n) is 14.9. The van der Waals surface area contributed by atoms with Gasteiger partial charge in [0, 0.05) is 6.54 Å². The molecule has 2 aromatic rings. The molecule has 7 heteroatoms. The summed E-state index contributed by atoms with van der Waals surface area (Å²) in [6, 6.07) is 13.6. The van der Waals surface area contributed by atoms with E-state index >= 15 is 0 Å². The van der Waals surface area contributed by atoms with E-state index in [1.54, 1.807) is 12.1 Å². The smallest absolute Gasteiger partial charge is 0.241 e. The second-order valence-corrected chi connectivity index (χ2v) is 7.14. The molecule has 2 aromatic carbocycles. The molecule has 0 aliphatic rings. The maximum atomic E-state index is 12.4. The normalized spacial score (nSPS) is 11.0. The van der Waals surface area contributed by atoms with Crippen LogP contribution in [0.4, 0.5) is 0 Å². The van der Waals surface area contributed by atoms with Gasteiger partial charge in [0.2, 0.25) is 10.0 Å². The van der Waals surface area contributed by atoms with Gasteiger partial charge in [0.15, 0.2) is 11.5 Å². The molecule has 6 nitrogen and oxygen atoms in total. The highest BCUT2D eigenvalue weighted by molar-refractivity contribution is 7.89. The summed E-state index contributed by atoms with van der Waals surface area (Å²) >= 11 is 0. The number of rotatable bonds is 9. The lowest BCUT2D eigenvalue weighted by atomic mass is 10.1. The molecule has 0 unspecified atom stereocenters. The number of nitrogens with zero attached hydrogens (tertiary/aromatic N) is 1. The van der Waals surface area contributed by atoms with E-state index in [4.69, 9.17) is 14.7 Å². The minimum absolute atomic E-state index is 0.0100. The van der Waals surface area contributed by atoms with Gasteiger partial charge in [0.05, 0.1) is 23.7 Å². The number of ether oxygens (including phenoxy) is 2. The van der Waals surface area contributed by atoms with Crippen LogP contribution < -0.4 is 14.2 Å². The lowest BCUT2D eigenvalue weighted by molar-refractivity contribution is 0.287. The van der Waals surface area contributed by atoms with Crippen LogP contribution in [0, 0.1) is 11.3 Å². The van der Waals surface area contributed by atoms with E-state index in [9.17, 15) is 8.42 Å². The van der Waals surface area contributed by atoms with E-state index in [0.29, 0.717) is 31.1 Å². The molecule has 26 heavy (non-hydrogen) atoms. The Balaban J connectivity index is 2.07. The molecular weight excluding hydrogens is 352 g/mol. The quantitative estimate of drug-likeness (QED) is 0.729. The fourth-order valence-corrected chi connectivity index (χ4v) is 3.64. The van der Waals surface area contributed by atoms with Crippen LogP contribution in [0.2, 0.25) is 0 Å². The van der Waals surface area contributed by atoms with Crippen LogP contribution in [0.3, 0.4) is 0 Å². The molecule has 0 bridgehead atoms. The van der Waals surface area contributed by atoms with Gasteiger partial charge in [-0.05, 0) is 50.1 Å². The second kappa shape index (κ2) is 9.22. The highest BCUT2D eigenvalue weighted by Gasteiger charge is 2.17. The first-order valence-corrected chi connectivity index (χ1v) is 9.87. The first kappa shape index (κ1) is 19.8. The van der Waals surface area contributed by atoms with Crippen LogP contribution in [-0.4, -0.2) is 28.2 Å². The molecule has 0 spiro atoms. The molecule has 0 saturated heterocycles. The van der Waals surface area contributed by atoms with Crippen molar-refractivity contribution < 1.29 is 17.9 Å². The number of benzene rings is 2. The molecule has 0 atom stereocenters. The molecule has 0 saturated carbocycles. The molecule has 0 aliphatic heterocycles. The third-order valence-electron chi connectivity index (χ3n) is 3.61. The maximum absolute atomic E-state index is 12.4. The topological polar surface area (TPSA) is 88.4 Å². The van der Waals surface area contributed by atoms with Gasteiger partial charge in [-0.1, -0.05) is 18.2 Å². The molecule has 0 heterocycles. The average molecular weight is 374 g/mol. The van der Waals surface area contributed by atoms with Crippen molar-refractivity contribution in [2.75, 3.05) is 19.8 Å². The van der Waals surface area contributed by atoms with Crippen molar-refractivity contribution in [1.29, 1.82) is 5.26 Å². The lowest BCUT2D eigenvalue weighted by Gasteiger charge is -2.13. The third-order valence-corrected chi connectivity index (χ3v) is 5.13. The fourth-order valence-electron chi connectivity index (χ4n) is 2.45. The van der Waals surface area contributed by atoms with Crippen LogP contribution in [0.1, 0.15) is 25.0 Å². The molecule has 2 rings (SSSR count). The molecule has 0 radical (unpaired) electrons. The van der Waals surface area contributed by atoms with Gasteiger partial charge < -0.3 is 9.47 Å². The number of nitriles is 1. The summed E-state index contributed by atoms with van der Waals surface area (Å²) in [6.45, 7) is 5.06. The van der Waals surface area contributed by atoms with Crippen molar-refractivity contribution >= 4 is 10.0 Å². The zero-order valence-corrected chi connectivity index (χ0v) is 15.7. The van der Waals surface area contributed by atoms with Crippen LogP contribution in [-0.2, 0) is 16.4 Å². The van der Waals surface area contributed by atoms with Gasteiger partial charge in [-0.25, -0.2) is 13.1 Å².